The highest BCUT2D eigenvalue weighted by molar-refractivity contribution is 5.27. The van der Waals surface area contributed by atoms with E-state index >= 15 is 0 Å². The van der Waals surface area contributed by atoms with Crippen LogP contribution in [0.15, 0.2) is 24.3 Å². The van der Waals surface area contributed by atoms with E-state index in [2.05, 4.69) is 24.4 Å². The quantitative estimate of drug-likeness (QED) is 0.794. The van der Waals surface area contributed by atoms with E-state index < -0.39 is 0 Å². The summed E-state index contributed by atoms with van der Waals surface area (Å²) in [6.07, 6.45) is 3.93. The zero-order valence-corrected chi connectivity index (χ0v) is 10.2. The average molecular weight is 219 g/mol. The van der Waals surface area contributed by atoms with Gasteiger partial charge in [-0.2, -0.15) is 0 Å². The Balaban J connectivity index is 1.71. The van der Waals surface area contributed by atoms with E-state index in [1.807, 2.05) is 12.1 Å². The fourth-order valence-electron chi connectivity index (χ4n) is 2.00. The lowest BCUT2D eigenvalue weighted by Gasteiger charge is -2.12. The highest BCUT2D eigenvalue weighted by atomic mass is 16.5. The van der Waals surface area contributed by atoms with Crippen molar-refractivity contribution in [2.75, 3.05) is 13.7 Å². The Morgan fingerprint density at radius 1 is 1.31 bits per heavy atom. The number of nitrogens with one attached hydrogen (secondary N) is 1. The van der Waals surface area contributed by atoms with Gasteiger partial charge in [0.25, 0.3) is 0 Å². The SMILES string of the molecule is COc1ccc(CCNC(C)C2CC2)cc1. The van der Waals surface area contributed by atoms with Gasteiger partial charge in [0.1, 0.15) is 5.75 Å². The molecule has 1 saturated carbocycles. The molecule has 1 aliphatic rings. The molecule has 2 heteroatoms. The Kier molecular flexibility index (Phi) is 3.83. The van der Waals surface area contributed by atoms with E-state index in [0.717, 1.165) is 24.6 Å². The van der Waals surface area contributed by atoms with Crippen LogP contribution >= 0.6 is 0 Å². The van der Waals surface area contributed by atoms with Crippen molar-refractivity contribution in [1.29, 1.82) is 0 Å². The minimum atomic E-state index is 0.693. The molecule has 0 bridgehead atoms. The second-order valence-electron chi connectivity index (χ2n) is 4.68. The molecule has 16 heavy (non-hydrogen) atoms. The van der Waals surface area contributed by atoms with Crippen LogP contribution in [0.3, 0.4) is 0 Å². The monoisotopic (exact) mass is 219 g/mol. The number of ether oxygens (including phenoxy) is 1. The third-order valence-electron chi connectivity index (χ3n) is 3.37. The van der Waals surface area contributed by atoms with E-state index in [9.17, 15) is 0 Å². The number of methoxy groups -OCH3 is 1. The molecule has 88 valence electrons. The molecule has 1 N–H and O–H groups in total. The van der Waals surface area contributed by atoms with Crippen LogP contribution in [0.5, 0.6) is 5.75 Å². The van der Waals surface area contributed by atoms with Crippen LogP contribution < -0.4 is 10.1 Å². The Morgan fingerprint density at radius 3 is 2.56 bits per heavy atom. The summed E-state index contributed by atoms with van der Waals surface area (Å²) in [5, 5.41) is 3.59. The molecule has 0 radical (unpaired) electrons. The maximum absolute atomic E-state index is 5.14. The van der Waals surface area contributed by atoms with Gasteiger partial charge in [0, 0.05) is 6.04 Å². The van der Waals surface area contributed by atoms with E-state index in [-0.39, 0.29) is 0 Å². The Morgan fingerprint density at radius 2 is 2.00 bits per heavy atom. The van der Waals surface area contributed by atoms with Crippen LogP contribution in [0.4, 0.5) is 0 Å². The van der Waals surface area contributed by atoms with E-state index in [1.54, 1.807) is 7.11 Å². The fraction of sp³-hybridized carbons (Fsp3) is 0.571. The van der Waals surface area contributed by atoms with Crippen molar-refractivity contribution < 1.29 is 4.74 Å². The lowest BCUT2D eigenvalue weighted by Crippen LogP contribution is -2.29. The summed E-state index contributed by atoms with van der Waals surface area (Å²) in [7, 11) is 1.70. The molecule has 1 atom stereocenters. The summed E-state index contributed by atoms with van der Waals surface area (Å²) in [4.78, 5) is 0. The Hall–Kier alpha value is -1.02. The van der Waals surface area contributed by atoms with Gasteiger partial charge in [-0.3, -0.25) is 0 Å². The van der Waals surface area contributed by atoms with Gasteiger partial charge in [0.2, 0.25) is 0 Å². The minimum absolute atomic E-state index is 0.693. The summed E-state index contributed by atoms with van der Waals surface area (Å²) in [5.41, 5.74) is 1.37. The molecular weight excluding hydrogens is 198 g/mol. The predicted octanol–water partition coefficient (Wildman–Crippen LogP) is 2.63. The number of hydrogen-bond acceptors (Lipinski definition) is 2. The summed E-state index contributed by atoms with van der Waals surface area (Å²) in [6.45, 7) is 3.37. The van der Waals surface area contributed by atoms with E-state index in [0.29, 0.717) is 6.04 Å². The van der Waals surface area contributed by atoms with Crippen molar-refractivity contribution in [2.24, 2.45) is 5.92 Å². The Bertz CT molecular complexity index is 316. The molecule has 0 saturated heterocycles. The van der Waals surface area contributed by atoms with Gasteiger partial charge in [-0.05, 0) is 56.3 Å². The molecular formula is C14H21NO. The summed E-state index contributed by atoms with van der Waals surface area (Å²) in [6, 6.07) is 9.03. The van der Waals surface area contributed by atoms with Crippen molar-refractivity contribution in [3.05, 3.63) is 29.8 Å². The number of benzene rings is 1. The molecule has 0 aromatic heterocycles. The molecule has 2 nitrogen and oxygen atoms in total. The first-order valence-corrected chi connectivity index (χ1v) is 6.16. The molecule has 0 heterocycles. The summed E-state index contributed by atoms with van der Waals surface area (Å²) < 4.78 is 5.14. The van der Waals surface area contributed by atoms with Crippen molar-refractivity contribution in [3.63, 3.8) is 0 Å². The second kappa shape index (κ2) is 5.35. The van der Waals surface area contributed by atoms with Gasteiger partial charge < -0.3 is 10.1 Å². The van der Waals surface area contributed by atoms with Gasteiger partial charge in [0.15, 0.2) is 0 Å². The summed E-state index contributed by atoms with van der Waals surface area (Å²) >= 11 is 0. The first kappa shape index (κ1) is 11.5. The Labute approximate surface area is 98.0 Å². The third kappa shape index (κ3) is 3.24. The van der Waals surface area contributed by atoms with Crippen molar-refractivity contribution >= 4 is 0 Å². The van der Waals surface area contributed by atoms with E-state index in [1.165, 1.54) is 18.4 Å². The van der Waals surface area contributed by atoms with Crippen LogP contribution in [0, 0.1) is 5.92 Å². The maximum Gasteiger partial charge on any atom is 0.118 e. The van der Waals surface area contributed by atoms with Crippen LogP contribution in [0.1, 0.15) is 25.3 Å². The average Bonchev–Trinajstić information content (AvgIpc) is 3.14. The fourth-order valence-corrected chi connectivity index (χ4v) is 2.00. The van der Waals surface area contributed by atoms with Gasteiger partial charge in [-0.15, -0.1) is 0 Å². The van der Waals surface area contributed by atoms with Crippen LogP contribution in [-0.2, 0) is 6.42 Å². The van der Waals surface area contributed by atoms with Gasteiger partial charge >= 0.3 is 0 Å². The standard InChI is InChI=1S/C14H21NO/c1-11(13-5-6-13)15-10-9-12-3-7-14(16-2)8-4-12/h3-4,7-8,11,13,15H,5-6,9-10H2,1-2H3. The molecule has 1 fully saturated rings. The van der Waals surface area contributed by atoms with E-state index in [4.69, 9.17) is 4.74 Å². The third-order valence-corrected chi connectivity index (χ3v) is 3.37. The molecule has 1 unspecified atom stereocenters. The lowest BCUT2D eigenvalue weighted by molar-refractivity contribution is 0.414. The number of rotatable bonds is 6. The van der Waals surface area contributed by atoms with Crippen LogP contribution in [0.2, 0.25) is 0 Å². The minimum Gasteiger partial charge on any atom is -0.497 e. The smallest absolute Gasteiger partial charge is 0.118 e. The van der Waals surface area contributed by atoms with Crippen LogP contribution in [-0.4, -0.2) is 19.7 Å². The molecule has 1 aromatic rings. The topological polar surface area (TPSA) is 21.3 Å². The summed E-state index contributed by atoms with van der Waals surface area (Å²) in [5.74, 6) is 1.87. The molecule has 1 aliphatic carbocycles. The second-order valence-corrected chi connectivity index (χ2v) is 4.68. The van der Waals surface area contributed by atoms with Crippen molar-refractivity contribution in [3.8, 4) is 5.75 Å². The largest absolute Gasteiger partial charge is 0.497 e. The van der Waals surface area contributed by atoms with Crippen molar-refractivity contribution in [2.45, 2.75) is 32.2 Å². The molecule has 0 spiro atoms. The highest BCUT2D eigenvalue weighted by Gasteiger charge is 2.27. The normalized spacial score (nSPS) is 17.1. The first-order valence-electron chi connectivity index (χ1n) is 6.16. The first-order chi connectivity index (χ1) is 7.79. The molecule has 1 aromatic carbocycles. The molecule has 0 amide bonds. The molecule has 0 aliphatic heterocycles. The lowest BCUT2D eigenvalue weighted by atomic mass is 10.1. The van der Waals surface area contributed by atoms with Gasteiger partial charge in [-0.25, -0.2) is 0 Å². The molecule has 2 rings (SSSR count). The maximum atomic E-state index is 5.14. The highest BCUT2D eigenvalue weighted by Crippen LogP contribution is 2.32. The van der Waals surface area contributed by atoms with Gasteiger partial charge in [-0.1, -0.05) is 12.1 Å². The predicted molar refractivity (Wildman–Crippen MR) is 66.9 cm³/mol. The van der Waals surface area contributed by atoms with Crippen LogP contribution in [0.25, 0.3) is 0 Å². The van der Waals surface area contributed by atoms with Gasteiger partial charge in [0.05, 0.1) is 7.11 Å². The zero-order valence-electron chi connectivity index (χ0n) is 10.2. The zero-order chi connectivity index (χ0) is 11.4. The van der Waals surface area contributed by atoms with Crippen molar-refractivity contribution in [1.82, 2.24) is 5.32 Å². The number of hydrogen-bond donors (Lipinski definition) is 1.